The highest BCUT2D eigenvalue weighted by atomic mass is 32.2. The van der Waals surface area contributed by atoms with Crippen molar-refractivity contribution in [2.75, 3.05) is 18.5 Å². The molecule has 2 heterocycles. The van der Waals surface area contributed by atoms with Crippen LogP contribution in [0, 0.1) is 23.5 Å². The summed E-state index contributed by atoms with van der Waals surface area (Å²) in [4.78, 5) is 1.72. The van der Waals surface area contributed by atoms with Crippen molar-refractivity contribution in [3.05, 3.63) is 42.0 Å². The lowest BCUT2D eigenvalue weighted by molar-refractivity contribution is 0.258. The lowest BCUT2D eigenvalue weighted by Gasteiger charge is -2.37. The quantitative estimate of drug-likeness (QED) is 0.622. The van der Waals surface area contributed by atoms with Crippen LogP contribution in [0.4, 0.5) is 14.5 Å². The van der Waals surface area contributed by atoms with Gasteiger partial charge in [0.2, 0.25) is 10.0 Å². The monoisotopic (exact) mass is 467 g/mol. The number of hydrogen-bond acceptors (Lipinski definition) is 5. The van der Waals surface area contributed by atoms with Gasteiger partial charge in [0.1, 0.15) is 24.3 Å². The predicted octanol–water partition coefficient (Wildman–Crippen LogP) is 3.59. The van der Waals surface area contributed by atoms with Crippen LogP contribution >= 0.6 is 0 Å². The van der Waals surface area contributed by atoms with Gasteiger partial charge in [-0.3, -0.25) is 0 Å². The Balaban J connectivity index is 1.51. The molecule has 0 amide bonds. The minimum atomic E-state index is -3.54. The minimum absolute atomic E-state index is 0.0675. The SMILES string of the molecule is CCC1CCC(C)S(=O)(=O)N1Cc1cc(F)c(N(C)CC2C(C)C2n2cnnc2)cc1F. The average molecular weight is 468 g/mol. The normalized spacial score (nSPS) is 29.8. The Kier molecular flexibility index (Phi) is 6.28. The average Bonchev–Trinajstić information content (AvgIpc) is 3.13. The highest BCUT2D eigenvalue weighted by Crippen LogP contribution is 2.50. The van der Waals surface area contributed by atoms with Crippen LogP contribution in [0.2, 0.25) is 0 Å². The molecule has 2 aromatic rings. The van der Waals surface area contributed by atoms with Gasteiger partial charge in [0.15, 0.2) is 0 Å². The summed E-state index contributed by atoms with van der Waals surface area (Å²) >= 11 is 0. The molecule has 2 aliphatic rings. The van der Waals surface area contributed by atoms with E-state index in [-0.39, 0.29) is 35.8 Å². The number of nitrogens with zero attached hydrogens (tertiary/aromatic N) is 5. The van der Waals surface area contributed by atoms with Gasteiger partial charge in [-0.05, 0) is 38.2 Å². The zero-order valence-electron chi connectivity index (χ0n) is 18.9. The fraction of sp³-hybridized carbons (Fsp3) is 0.636. The van der Waals surface area contributed by atoms with Gasteiger partial charge < -0.3 is 9.47 Å². The van der Waals surface area contributed by atoms with Crippen molar-refractivity contribution >= 4 is 15.7 Å². The highest BCUT2D eigenvalue weighted by molar-refractivity contribution is 7.89. The van der Waals surface area contributed by atoms with Crippen LogP contribution < -0.4 is 4.90 Å². The van der Waals surface area contributed by atoms with Crippen LogP contribution in [0.1, 0.15) is 51.6 Å². The molecule has 7 nitrogen and oxygen atoms in total. The Morgan fingerprint density at radius 2 is 1.81 bits per heavy atom. The van der Waals surface area contributed by atoms with Gasteiger partial charge in [0.05, 0.1) is 10.9 Å². The fourth-order valence-electron chi connectivity index (χ4n) is 5.01. The summed E-state index contributed by atoms with van der Waals surface area (Å²) in [5.41, 5.74) is 0.243. The van der Waals surface area contributed by atoms with Gasteiger partial charge in [0.25, 0.3) is 0 Å². The lowest BCUT2D eigenvalue weighted by Crippen LogP contribution is -2.48. The maximum absolute atomic E-state index is 15.0. The minimum Gasteiger partial charge on any atom is -0.372 e. The molecule has 1 saturated heterocycles. The summed E-state index contributed by atoms with van der Waals surface area (Å²) in [6.07, 6.45) is 5.32. The third kappa shape index (κ3) is 4.14. The van der Waals surface area contributed by atoms with Crippen molar-refractivity contribution in [3.8, 4) is 0 Å². The lowest BCUT2D eigenvalue weighted by atomic mass is 10.1. The Bertz CT molecular complexity index is 1060. The number of hydrogen-bond donors (Lipinski definition) is 0. The molecule has 5 unspecified atom stereocenters. The first-order valence-electron chi connectivity index (χ1n) is 11.2. The Labute approximate surface area is 188 Å². The Morgan fingerprint density at radius 3 is 2.47 bits per heavy atom. The van der Waals surface area contributed by atoms with Crippen LogP contribution in [-0.2, 0) is 16.6 Å². The molecule has 1 aromatic heterocycles. The van der Waals surface area contributed by atoms with Crippen molar-refractivity contribution in [1.29, 1.82) is 0 Å². The van der Waals surface area contributed by atoms with Crippen LogP contribution in [0.3, 0.4) is 0 Å². The van der Waals surface area contributed by atoms with Gasteiger partial charge in [-0.2, -0.15) is 4.31 Å². The summed E-state index contributed by atoms with van der Waals surface area (Å²) in [6.45, 7) is 6.13. The van der Waals surface area contributed by atoms with E-state index < -0.39 is 26.9 Å². The van der Waals surface area contributed by atoms with Crippen LogP contribution in [0.5, 0.6) is 0 Å². The molecule has 176 valence electrons. The second-order valence-electron chi connectivity index (χ2n) is 9.24. The first kappa shape index (κ1) is 23.1. The molecule has 32 heavy (non-hydrogen) atoms. The predicted molar refractivity (Wildman–Crippen MR) is 119 cm³/mol. The third-order valence-corrected chi connectivity index (χ3v) is 9.58. The molecule has 4 rings (SSSR count). The van der Waals surface area contributed by atoms with E-state index in [4.69, 9.17) is 0 Å². The van der Waals surface area contributed by atoms with Crippen LogP contribution in [-0.4, -0.2) is 52.4 Å². The van der Waals surface area contributed by atoms with E-state index in [9.17, 15) is 8.42 Å². The summed E-state index contributed by atoms with van der Waals surface area (Å²) in [5.74, 6) is -0.467. The Morgan fingerprint density at radius 1 is 1.12 bits per heavy atom. The second-order valence-corrected chi connectivity index (χ2v) is 11.5. The molecule has 1 aliphatic heterocycles. The maximum Gasteiger partial charge on any atom is 0.217 e. The second kappa shape index (κ2) is 8.70. The van der Waals surface area contributed by atoms with Crippen molar-refractivity contribution in [2.45, 2.75) is 63.9 Å². The molecule has 1 aromatic carbocycles. The molecular formula is C22H31F2N5O2S. The van der Waals surface area contributed by atoms with Gasteiger partial charge in [-0.15, -0.1) is 10.2 Å². The molecular weight excluding hydrogens is 436 g/mol. The Hall–Kier alpha value is -2.07. The molecule has 0 bridgehead atoms. The summed E-state index contributed by atoms with van der Waals surface area (Å²) < 4.78 is 59.0. The van der Waals surface area contributed by atoms with E-state index in [0.29, 0.717) is 25.3 Å². The van der Waals surface area contributed by atoms with Crippen molar-refractivity contribution in [3.63, 3.8) is 0 Å². The molecule has 2 fully saturated rings. The largest absolute Gasteiger partial charge is 0.372 e. The molecule has 5 atom stereocenters. The van der Waals surface area contributed by atoms with Crippen LogP contribution in [0.25, 0.3) is 0 Å². The van der Waals surface area contributed by atoms with Gasteiger partial charge in [-0.1, -0.05) is 13.8 Å². The first-order chi connectivity index (χ1) is 15.1. The van der Waals surface area contributed by atoms with Gasteiger partial charge >= 0.3 is 0 Å². The van der Waals surface area contributed by atoms with Crippen molar-refractivity contribution < 1.29 is 17.2 Å². The number of sulfonamides is 1. The first-order valence-corrected chi connectivity index (χ1v) is 12.7. The zero-order chi connectivity index (χ0) is 23.2. The van der Waals surface area contributed by atoms with E-state index in [2.05, 4.69) is 17.1 Å². The number of aromatic nitrogens is 3. The maximum atomic E-state index is 15.0. The smallest absolute Gasteiger partial charge is 0.217 e. The zero-order valence-corrected chi connectivity index (χ0v) is 19.8. The number of rotatable bonds is 7. The fourth-order valence-corrected chi connectivity index (χ4v) is 6.90. The molecule has 10 heteroatoms. The molecule has 0 radical (unpaired) electrons. The van der Waals surface area contributed by atoms with Crippen LogP contribution in [0.15, 0.2) is 24.8 Å². The van der Waals surface area contributed by atoms with E-state index in [1.165, 1.54) is 10.4 Å². The van der Waals surface area contributed by atoms with Gasteiger partial charge in [0, 0.05) is 49.8 Å². The standard InChI is InChI=1S/C22H31F2N5O2S/c1-5-17-7-6-14(2)32(30,31)29(17)10-16-8-20(24)21(9-19(16)23)27(4)11-18-15(3)22(18)28-12-25-26-13-28/h8-9,12-15,17-18,22H,5-7,10-11H2,1-4H3. The number of halogens is 2. The van der Waals surface area contributed by atoms with E-state index in [1.54, 1.807) is 31.5 Å². The molecule has 1 saturated carbocycles. The van der Waals surface area contributed by atoms with E-state index in [1.807, 2.05) is 11.5 Å². The van der Waals surface area contributed by atoms with Crippen molar-refractivity contribution in [1.82, 2.24) is 19.1 Å². The molecule has 0 N–H and O–H groups in total. The highest BCUT2D eigenvalue weighted by Gasteiger charge is 2.48. The van der Waals surface area contributed by atoms with E-state index in [0.717, 1.165) is 12.5 Å². The third-order valence-electron chi connectivity index (χ3n) is 7.25. The number of benzene rings is 1. The summed E-state index contributed by atoms with van der Waals surface area (Å²) in [6, 6.07) is 2.40. The number of anilines is 1. The summed E-state index contributed by atoms with van der Waals surface area (Å²) in [5, 5.41) is 7.17. The van der Waals surface area contributed by atoms with Crippen molar-refractivity contribution in [2.24, 2.45) is 11.8 Å². The summed E-state index contributed by atoms with van der Waals surface area (Å²) in [7, 11) is -1.79. The van der Waals surface area contributed by atoms with Gasteiger partial charge in [-0.25, -0.2) is 17.2 Å². The topological polar surface area (TPSA) is 71.3 Å². The molecule has 1 aliphatic carbocycles. The molecule has 0 spiro atoms. The van der Waals surface area contributed by atoms with E-state index >= 15 is 8.78 Å².